The Morgan fingerprint density at radius 3 is 2.75 bits per heavy atom. The minimum atomic E-state index is -0.450. The number of para-hydroxylation sites is 1. The molecule has 4 heteroatoms. The summed E-state index contributed by atoms with van der Waals surface area (Å²) in [5.41, 5.74) is 0.505. The number of nitrogens with one attached hydrogen (secondary N) is 1. The zero-order chi connectivity index (χ0) is 14.4. The zero-order valence-electron chi connectivity index (χ0n) is 12.0. The van der Waals surface area contributed by atoms with Gasteiger partial charge in [-0.2, -0.15) is 0 Å². The van der Waals surface area contributed by atoms with Crippen LogP contribution in [-0.4, -0.2) is 30.8 Å². The average molecular weight is 277 g/mol. The van der Waals surface area contributed by atoms with Gasteiger partial charge in [-0.05, 0) is 30.9 Å². The van der Waals surface area contributed by atoms with E-state index in [-0.39, 0.29) is 5.91 Å². The molecule has 0 aromatic heterocycles. The number of benzene rings is 1. The molecule has 2 rings (SSSR count). The first-order valence-corrected chi connectivity index (χ1v) is 7.31. The number of rotatable bonds is 5. The number of hydrogen-bond acceptors (Lipinski definition) is 3. The minimum absolute atomic E-state index is 0.197. The van der Waals surface area contributed by atoms with Crippen molar-refractivity contribution >= 4 is 5.91 Å². The SMILES string of the molecule is COc1ccccc1C(=O)NCC(O)C1CCCCC1. The van der Waals surface area contributed by atoms with Gasteiger partial charge in [0.25, 0.3) is 5.91 Å². The zero-order valence-corrected chi connectivity index (χ0v) is 12.0. The molecule has 1 aliphatic carbocycles. The second-order valence-electron chi connectivity index (χ2n) is 5.38. The molecule has 110 valence electrons. The van der Waals surface area contributed by atoms with Crippen LogP contribution in [0.5, 0.6) is 5.75 Å². The number of hydrogen-bond donors (Lipinski definition) is 2. The van der Waals surface area contributed by atoms with Gasteiger partial charge in [0.05, 0.1) is 18.8 Å². The Kier molecular flexibility index (Phi) is 5.41. The van der Waals surface area contributed by atoms with Crippen LogP contribution in [0.15, 0.2) is 24.3 Å². The van der Waals surface area contributed by atoms with Gasteiger partial charge in [0.15, 0.2) is 0 Å². The highest BCUT2D eigenvalue weighted by Gasteiger charge is 2.22. The molecule has 20 heavy (non-hydrogen) atoms. The summed E-state index contributed by atoms with van der Waals surface area (Å²) in [7, 11) is 1.54. The summed E-state index contributed by atoms with van der Waals surface area (Å²) in [5, 5.41) is 13.0. The molecule has 2 N–H and O–H groups in total. The van der Waals surface area contributed by atoms with Crippen molar-refractivity contribution in [3.63, 3.8) is 0 Å². The lowest BCUT2D eigenvalue weighted by molar-refractivity contribution is 0.0737. The maximum absolute atomic E-state index is 12.1. The minimum Gasteiger partial charge on any atom is -0.496 e. The maximum Gasteiger partial charge on any atom is 0.255 e. The van der Waals surface area contributed by atoms with E-state index in [9.17, 15) is 9.90 Å². The van der Waals surface area contributed by atoms with E-state index in [1.54, 1.807) is 25.3 Å². The maximum atomic E-state index is 12.1. The predicted octanol–water partition coefficient (Wildman–Crippen LogP) is 2.37. The van der Waals surface area contributed by atoms with E-state index in [0.717, 1.165) is 12.8 Å². The van der Waals surface area contributed by atoms with Gasteiger partial charge >= 0.3 is 0 Å². The molecule has 1 aliphatic rings. The van der Waals surface area contributed by atoms with Crippen molar-refractivity contribution in [1.82, 2.24) is 5.32 Å². The van der Waals surface area contributed by atoms with Crippen molar-refractivity contribution in [2.75, 3.05) is 13.7 Å². The lowest BCUT2D eigenvalue weighted by atomic mass is 9.85. The van der Waals surface area contributed by atoms with E-state index in [1.165, 1.54) is 19.3 Å². The van der Waals surface area contributed by atoms with Crippen LogP contribution in [0.2, 0.25) is 0 Å². The van der Waals surface area contributed by atoms with Gasteiger partial charge in [0.2, 0.25) is 0 Å². The number of amides is 1. The Morgan fingerprint density at radius 1 is 1.35 bits per heavy atom. The molecular weight excluding hydrogens is 254 g/mol. The molecule has 0 bridgehead atoms. The van der Waals surface area contributed by atoms with Crippen LogP contribution < -0.4 is 10.1 Å². The third-order valence-corrected chi connectivity index (χ3v) is 4.02. The Bertz CT molecular complexity index is 441. The fourth-order valence-corrected chi connectivity index (χ4v) is 2.81. The number of ether oxygens (including phenoxy) is 1. The highest BCUT2D eigenvalue weighted by molar-refractivity contribution is 5.96. The smallest absolute Gasteiger partial charge is 0.255 e. The molecule has 0 radical (unpaired) electrons. The summed E-state index contributed by atoms with van der Waals surface area (Å²) in [6.07, 6.45) is 5.30. The largest absolute Gasteiger partial charge is 0.496 e. The highest BCUT2D eigenvalue weighted by atomic mass is 16.5. The Labute approximate surface area is 120 Å². The molecule has 1 saturated carbocycles. The molecule has 1 aromatic carbocycles. The van der Waals surface area contributed by atoms with Gasteiger partial charge in [-0.25, -0.2) is 0 Å². The van der Waals surface area contributed by atoms with Crippen LogP contribution in [0, 0.1) is 5.92 Å². The summed E-state index contributed by atoms with van der Waals surface area (Å²) in [5.74, 6) is 0.677. The lowest BCUT2D eigenvalue weighted by Crippen LogP contribution is -2.37. The molecule has 0 saturated heterocycles. The second kappa shape index (κ2) is 7.29. The Morgan fingerprint density at radius 2 is 2.05 bits per heavy atom. The summed E-state index contributed by atoms with van der Waals surface area (Å²) < 4.78 is 5.17. The van der Waals surface area contributed by atoms with E-state index in [2.05, 4.69) is 5.32 Å². The van der Waals surface area contributed by atoms with E-state index in [0.29, 0.717) is 23.8 Å². The number of aliphatic hydroxyl groups excluding tert-OH is 1. The molecule has 4 nitrogen and oxygen atoms in total. The monoisotopic (exact) mass is 277 g/mol. The van der Waals surface area contributed by atoms with Crippen LogP contribution >= 0.6 is 0 Å². The number of carbonyl (C=O) groups is 1. The van der Waals surface area contributed by atoms with Crippen LogP contribution in [-0.2, 0) is 0 Å². The van der Waals surface area contributed by atoms with Crippen molar-refractivity contribution in [3.05, 3.63) is 29.8 Å². The van der Waals surface area contributed by atoms with E-state index >= 15 is 0 Å². The van der Waals surface area contributed by atoms with Crippen molar-refractivity contribution in [2.24, 2.45) is 5.92 Å². The predicted molar refractivity (Wildman–Crippen MR) is 77.9 cm³/mol. The van der Waals surface area contributed by atoms with Gasteiger partial charge in [0.1, 0.15) is 5.75 Å². The number of methoxy groups -OCH3 is 1. The average Bonchev–Trinajstić information content (AvgIpc) is 2.53. The molecule has 1 unspecified atom stereocenters. The number of aliphatic hydroxyl groups is 1. The summed E-state index contributed by atoms with van der Waals surface area (Å²) in [4.78, 5) is 12.1. The van der Waals surface area contributed by atoms with Crippen LogP contribution in [0.1, 0.15) is 42.5 Å². The summed E-state index contributed by atoms with van der Waals surface area (Å²) >= 11 is 0. The molecule has 0 aliphatic heterocycles. The first-order valence-electron chi connectivity index (χ1n) is 7.31. The van der Waals surface area contributed by atoms with Crippen molar-refractivity contribution in [3.8, 4) is 5.75 Å². The normalized spacial score (nSPS) is 17.5. The first kappa shape index (κ1) is 14.9. The summed E-state index contributed by atoms with van der Waals surface area (Å²) in [6.45, 7) is 0.307. The second-order valence-corrected chi connectivity index (χ2v) is 5.38. The van der Waals surface area contributed by atoms with Gasteiger partial charge in [0, 0.05) is 6.54 Å². The first-order chi connectivity index (χ1) is 9.72. The van der Waals surface area contributed by atoms with Crippen molar-refractivity contribution in [1.29, 1.82) is 0 Å². The van der Waals surface area contributed by atoms with Crippen molar-refractivity contribution < 1.29 is 14.6 Å². The molecule has 0 spiro atoms. The molecule has 1 amide bonds. The standard InChI is InChI=1S/C16H23NO3/c1-20-15-10-6-5-9-13(15)16(19)17-11-14(18)12-7-3-2-4-8-12/h5-6,9-10,12,14,18H,2-4,7-8,11H2,1H3,(H,17,19). The van der Waals surface area contributed by atoms with Gasteiger partial charge in [-0.15, -0.1) is 0 Å². The topological polar surface area (TPSA) is 58.6 Å². The van der Waals surface area contributed by atoms with Gasteiger partial charge in [-0.3, -0.25) is 4.79 Å². The van der Waals surface area contributed by atoms with Crippen LogP contribution in [0.3, 0.4) is 0 Å². The molecule has 1 fully saturated rings. The van der Waals surface area contributed by atoms with E-state index in [1.807, 2.05) is 6.07 Å². The van der Waals surface area contributed by atoms with Gasteiger partial charge < -0.3 is 15.2 Å². The fourth-order valence-electron chi connectivity index (χ4n) is 2.81. The third-order valence-electron chi connectivity index (χ3n) is 4.02. The Hall–Kier alpha value is -1.55. The lowest BCUT2D eigenvalue weighted by Gasteiger charge is -2.26. The molecule has 1 atom stereocenters. The quantitative estimate of drug-likeness (QED) is 0.868. The molecular formula is C16H23NO3. The molecule has 0 heterocycles. The number of carbonyl (C=O) groups excluding carboxylic acids is 1. The van der Waals surface area contributed by atoms with E-state index in [4.69, 9.17) is 4.74 Å². The van der Waals surface area contributed by atoms with Crippen molar-refractivity contribution in [2.45, 2.75) is 38.2 Å². The fraction of sp³-hybridized carbons (Fsp3) is 0.562. The highest BCUT2D eigenvalue weighted by Crippen LogP contribution is 2.26. The molecule has 1 aromatic rings. The summed E-state index contributed by atoms with van der Waals surface area (Å²) in [6, 6.07) is 7.11. The van der Waals surface area contributed by atoms with Gasteiger partial charge in [-0.1, -0.05) is 31.4 Å². The van der Waals surface area contributed by atoms with Crippen LogP contribution in [0.4, 0.5) is 0 Å². The third kappa shape index (κ3) is 3.73. The Balaban J connectivity index is 1.88. The van der Waals surface area contributed by atoms with Crippen LogP contribution in [0.25, 0.3) is 0 Å². The van der Waals surface area contributed by atoms with E-state index < -0.39 is 6.10 Å².